The van der Waals surface area contributed by atoms with Crippen LogP contribution in [0.25, 0.3) is 0 Å². The van der Waals surface area contributed by atoms with Crippen LogP contribution in [0, 0.1) is 45.3 Å². The molecular formula is C49H66O11. The predicted molar refractivity (Wildman–Crippen MR) is 222 cm³/mol. The number of ether oxygens (including phenoxy) is 4. The molecule has 13 unspecified atom stereocenters. The van der Waals surface area contributed by atoms with Gasteiger partial charge >= 0.3 is 5.97 Å². The van der Waals surface area contributed by atoms with Crippen molar-refractivity contribution in [2.24, 2.45) is 45.3 Å². The second-order valence-corrected chi connectivity index (χ2v) is 21.8. The molecule has 328 valence electrons. The standard InChI is InChI=1S/C49H66O11/c1-23-11-13-33-44(4,5)35(55)15-16-46(33,8)48(23)19-28-30(52)17-26(22-50)36(40(28)59-48)38-39(56)27-18-31(53)29-20-49(60-41(29)37(27)42(38)57-10)24(2)12-14-34-45(6,7)43(58-25(3)51)32(54)21-47(34,49)9/h17-18,23-24,32-35,38,42-43,50,52-55H,11-16,19-22H2,1-10H3. The maximum absolute atomic E-state index is 15.1. The Balaban J connectivity index is 1.15. The monoisotopic (exact) mass is 830 g/mol. The van der Waals surface area contributed by atoms with E-state index in [4.69, 9.17) is 18.9 Å². The number of fused-ring (bicyclic) bond motifs is 8. The van der Waals surface area contributed by atoms with Crippen LogP contribution in [0.1, 0.15) is 157 Å². The highest BCUT2D eigenvalue weighted by Gasteiger charge is 2.71. The van der Waals surface area contributed by atoms with Crippen LogP contribution in [0.4, 0.5) is 0 Å². The van der Waals surface area contributed by atoms with Crippen LogP contribution < -0.4 is 9.47 Å². The lowest BCUT2D eigenvalue weighted by atomic mass is 9.43. The summed E-state index contributed by atoms with van der Waals surface area (Å²) in [7, 11) is 1.56. The molecule has 11 heteroatoms. The molecule has 0 saturated heterocycles. The number of phenols is 2. The van der Waals surface area contributed by atoms with E-state index in [0.717, 1.165) is 32.1 Å². The van der Waals surface area contributed by atoms with Crippen molar-refractivity contribution >= 4 is 11.8 Å². The molecule has 0 aromatic heterocycles. The third-order valence-corrected chi connectivity index (χ3v) is 18.6. The molecule has 0 bridgehead atoms. The maximum Gasteiger partial charge on any atom is 0.303 e. The van der Waals surface area contributed by atoms with E-state index in [1.807, 2.05) is 0 Å². The summed E-state index contributed by atoms with van der Waals surface area (Å²) >= 11 is 0. The van der Waals surface area contributed by atoms with Gasteiger partial charge in [0.15, 0.2) is 5.78 Å². The number of esters is 1. The van der Waals surface area contributed by atoms with E-state index in [0.29, 0.717) is 65.0 Å². The first-order valence-corrected chi connectivity index (χ1v) is 22.4. The number of aromatic hydroxyl groups is 2. The molecular weight excluding hydrogens is 765 g/mol. The quantitative estimate of drug-likeness (QED) is 0.192. The molecule has 2 aromatic rings. The lowest BCUT2D eigenvalue weighted by molar-refractivity contribution is -0.246. The number of benzene rings is 2. The van der Waals surface area contributed by atoms with Crippen molar-refractivity contribution in [1.82, 2.24) is 0 Å². The van der Waals surface area contributed by atoms with Crippen molar-refractivity contribution in [1.29, 1.82) is 0 Å². The molecule has 9 rings (SSSR count). The average molecular weight is 831 g/mol. The fourth-order valence-corrected chi connectivity index (χ4v) is 15.6. The second kappa shape index (κ2) is 13.3. The van der Waals surface area contributed by atoms with Gasteiger partial charge in [0.2, 0.25) is 0 Å². The smallest absolute Gasteiger partial charge is 0.303 e. The van der Waals surface area contributed by atoms with Crippen molar-refractivity contribution in [3.63, 3.8) is 0 Å². The summed E-state index contributed by atoms with van der Waals surface area (Å²) in [5.41, 5.74) is -0.660. The lowest BCUT2D eigenvalue weighted by Gasteiger charge is -2.65. The van der Waals surface area contributed by atoms with Crippen molar-refractivity contribution in [3.8, 4) is 23.0 Å². The molecule has 5 N–H and O–H groups in total. The van der Waals surface area contributed by atoms with Crippen LogP contribution in [0.15, 0.2) is 12.1 Å². The van der Waals surface area contributed by atoms with Gasteiger partial charge in [0.05, 0.1) is 24.7 Å². The normalized spacial score (nSPS) is 41.8. The van der Waals surface area contributed by atoms with Crippen molar-refractivity contribution in [2.75, 3.05) is 7.11 Å². The number of hydrogen-bond acceptors (Lipinski definition) is 11. The Hall–Kier alpha value is -3.38. The Labute approximate surface area is 354 Å². The fraction of sp³-hybridized carbons (Fsp3) is 0.714. The number of ketones is 1. The highest BCUT2D eigenvalue weighted by Crippen LogP contribution is 2.71. The van der Waals surface area contributed by atoms with E-state index in [1.165, 1.54) is 6.92 Å². The van der Waals surface area contributed by atoms with Gasteiger partial charge in [-0.2, -0.15) is 0 Å². The topological polar surface area (TPSA) is 172 Å². The third-order valence-electron chi connectivity index (χ3n) is 18.6. The Morgan fingerprint density at radius 2 is 1.35 bits per heavy atom. The molecule has 0 amide bonds. The molecule has 2 aromatic carbocycles. The predicted octanol–water partition coefficient (Wildman–Crippen LogP) is 7.61. The summed E-state index contributed by atoms with van der Waals surface area (Å²) in [6.45, 7) is 18.2. The molecule has 13 atom stereocenters. The van der Waals surface area contributed by atoms with Crippen LogP contribution in [-0.4, -0.2) is 73.9 Å². The molecule has 11 nitrogen and oxygen atoms in total. The zero-order valence-electron chi connectivity index (χ0n) is 37.1. The Morgan fingerprint density at radius 3 is 1.92 bits per heavy atom. The van der Waals surface area contributed by atoms with Crippen LogP contribution in [-0.2, 0) is 33.7 Å². The average Bonchev–Trinajstić information content (AvgIpc) is 3.86. The van der Waals surface area contributed by atoms with Crippen molar-refractivity contribution in [3.05, 3.63) is 45.5 Å². The summed E-state index contributed by atoms with van der Waals surface area (Å²) in [5, 5.41) is 57.6. The molecule has 2 heterocycles. The van der Waals surface area contributed by atoms with E-state index in [1.54, 1.807) is 19.2 Å². The number of carbonyl (C=O) groups excluding carboxylic acids is 2. The largest absolute Gasteiger partial charge is 0.508 e. The lowest BCUT2D eigenvalue weighted by Crippen LogP contribution is -2.69. The van der Waals surface area contributed by atoms with Gasteiger partial charge in [-0.25, -0.2) is 0 Å². The highest BCUT2D eigenvalue weighted by atomic mass is 16.6. The Morgan fingerprint density at radius 1 is 0.800 bits per heavy atom. The minimum absolute atomic E-state index is 0.00266. The van der Waals surface area contributed by atoms with Crippen molar-refractivity contribution in [2.45, 2.75) is 168 Å². The van der Waals surface area contributed by atoms with Crippen molar-refractivity contribution < 1.29 is 54.1 Å². The minimum Gasteiger partial charge on any atom is -0.508 e. The van der Waals surface area contributed by atoms with Crippen LogP contribution >= 0.6 is 0 Å². The fourth-order valence-electron chi connectivity index (χ4n) is 15.6. The van der Waals surface area contributed by atoms with Gasteiger partial charge in [0.1, 0.15) is 46.4 Å². The van der Waals surface area contributed by atoms with E-state index < -0.39 is 64.9 Å². The van der Waals surface area contributed by atoms with Gasteiger partial charge in [0.25, 0.3) is 0 Å². The number of methoxy groups -OCH3 is 1. The van der Waals surface area contributed by atoms with Crippen LogP contribution in [0.5, 0.6) is 23.0 Å². The van der Waals surface area contributed by atoms with Crippen LogP contribution in [0.3, 0.4) is 0 Å². The first-order valence-electron chi connectivity index (χ1n) is 22.4. The van der Waals surface area contributed by atoms with Crippen LogP contribution in [0.2, 0.25) is 0 Å². The number of aliphatic hydroxyl groups excluding tert-OH is 3. The summed E-state index contributed by atoms with van der Waals surface area (Å²) in [5.74, 6) is -0.661. The summed E-state index contributed by atoms with van der Waals surface area (Å²) in [6.07, 6.45) is 3.02. The van der Waals surface area contributed by atoms with Gasteiger partial charge in [-0.1, -0.05) is 55.4 Å². The summed E-state index contributed by atoms with van der Waals surface area (Å²) < 4.78 is 27.0. The highest BCUT2D eigenvalue weighted by molar-refractivity contribution is 6.08. The molecule has 0 radical (unpaired) electrons. The molecule has 4 saturated carbocycles. The second-order valence-electron chi connectivity index (χ2n) is 21.8. The zero-order valence-corrected chi connectivity index (χ0v) is 37.1. The van der Waals surface area contributed by atoms with Gasteiger partial charge in [-0.3, -0.25) is 9.59 Å². The van der Waals surface area contributed by atoms with Gasteiger partial charge in [-0.05, 0) is 91.7 Å². The number of aliphatic hydroxyl groups is 3. The number of hydrogen-bond donors (Lipinski definition) is 5. The number of Topliss-reactive ketones (excluding diaryl/α,β-unsaturated/α-hetero) is 1. The molecule has 60 heavy (non-hydrogen) atoms. The minimum atomic E-state index is -0.984. The first-order chi connectivity index (χ1) is 28.1. The first kappa shape index (κ1) is 41.9. The number of phenolic OH excluding ortho intramolecular Hbond substituents is 2. The van der Waals surface area contributed by atoms with Gasteiger partial charge in [-0.15, -0.1) is 0 Å². The van der Waals surface area contributed by atoms with E-state index in [-0.39, 0.29) is 57.3 Å². The SMILES string of the molecule is COC1c2c(cc(O)c3c2OC2(C3)C(C)CCC3C(C)(C)C(OC(C)=O)C(O)CC32C)C(=O)C1c1c(CO)cc(O)c2c1OC1(C2)C(C)CCC2C(C)(C)C(O)CCC21C. The number of carbonyl (C=O) groups is 2. The third kappa shape index (κ3) is 5.09. The zero-order chi connectivity index (χ0) is 43.4. The van der Waals surface area contributed by atoms with E-state index >= 15 is 4.79 Å². The summed E-state index contributed by atoms with van der Waals surface area (Å²) in [4.78, 5) is 27.4. The van der Waals surface area contributed by atoms with Gasteiger partial charge < -0.3 is 44.5 Å². The van der Waals surface area contributed by atoms with E-state index in [9.17, 15) is 30.3 Å². The van der Waals surface area contributed by atoms with E-state index in [2.05, 4.69) is 55.4 Å². The van der Waals surface area contributed by atoms with Gasteiger partial charge in [0, 0.05) is 70.9 Å². The molecule has 2 spiro atoms. The molecule has 4 fully saturated rings. The Bertz CT molecular complexity index is 2160. The molecule has 7 aliphatic rings. The maximum atomic E-state index is 15.1. The molecule has 2 aliphatic heterocycles. The number of rotatable bonds is 4. The molecule has 5 aliphatic carbocycles. The Kier molecular flexibility index (Phi) is 9.31. The summed E-state index contributed by atoms with van der Waals surface area (Å²) in [6, 6.07) is 3.11.